The maximum absolute atomic E-state index is 4.00. The van der Waals surface area contributed by atoms with Crippen LogP contribution in [0.1, 0.15) is 12.8 Å². The summed E-state index contributed by atoms with van der Waals surface area (Å²) >= 11 is 0. The first-order valence-electron chi connectivity index (χ1n) is 4.61. The number of piperidine rings is 1. The van der Waals surface area contributed by atoms with Crippen molar-refractivity contribution in [1.82, 2.24) is 15.3 Å². The molecule has 1 aromatic rings. The third kappa shape index (κ3) is 2.39. The Bertz CT molecular complexity index is 243. The van der Waals surface area contributed by atoms with Gasteiger partial charge in [0.15, 0.2) is 6.33 Å². The lowest BCUT2D eigenvalue weighted by atomic mass is 10.1. The van der Waals surface area contributed by atoms with Gasteiger partial charge in [-0.3, -0.25) is 0 Å². The van der Waals surface area contributed by atoms with Crippen LogP contribution in [0.5, 0.6) is 0 Å². The molecule has 0 spiro atoms. The summed E-state index contributed by atoms with van der Waals surface area (Å²) in [4.78, 5) is 7.74. The number of nitrogens with one attached hydrogen (secondary N) is 2. The predicted molar refractivity (Wildman–Crippen MR) is 50.4 cm³/mol. The third-order valence-electron chi connectivity index (χ3n) is 2.18. The van der Waals surface area contributed by atoms with E-state index in [0.717, 1.165) is 18.9 Å². The molecule has 0 bridgehead atoms. The van der Waals surface area contributed by atoms with Gasteiger partial charge in [0.2, 0.25) is 0 Å². The van der Waals surface area contributed by atoms with Crippen molar-refractivity contribution in [2.24, 2.45) is 0 Å². The van der Waals surface area contributed by atoms with Crippen molar-refractivity contribution in [2.45, 2.75) is 18.9 Å². The van der Waals surface area contributed by atoms with E-state index in [0.29, 0.717) is 6.04 Å². The fourth-order valence-corrected chi connectivity index (χ4v) is 1.53. The summed E-state index contributed by atoms with van der Waals surface area (Å²) in [6.45, 7) is 2.15. The first-order chi connectivity index (χ1) is 6.45. The van der Waals surface area contributed by atoms with E-state index in [4.69, 9.17) is 0 Å². The molecule has 4 nitrogen and oxygen atoms in total. The standard InChI is InChI=1S/C9H13N4/c1-2-8(6-10-4-1)13-9-3-5-11-7-12-9/h3,5,8,10H,1-2,4,6H2,(H,11,12,13). The minimum absolute atomic E-state index is 0.497. The molecule has 2 heterocycles. The Morgan fingerprint density at radius 3 is 3.31 bits per heavy atom. The van der Waals surface area contributed by atoms with E-state index in [9.17, 15) is 0 Å². The fraction of sp³-hybridized carbons (Fsp3) is 0.556. The molecule has 1 aromatic heterocycles. The van der Waals surface area contributed by atoms with Gasteiger partial charge in [-0.05, 0) is 25.5 Å². The average molecular weight is 177 g/mol. The number of hydrogen-bond donors (Lipinski definition) is 2. The van der Waals surface area contributed by atoms with E-state index in [1.165, 1.54) is 12.8 Å². The van der Waals surface area contributed by atoms with Gasteiger partial charge < -0.3 is 10.6 Å². The second-order valence-corrected chi connectivity index (χ2v) is 3.23. The molecule has 4 heteroatoms. The van der Waals surface area contributed by atoms with Gasteiger partial charge in [0.05, 0.1) is 0 Å². The Morgan fingerprint density at radius 1 is 1.62 bits per heavy atom. The molecule has 0 amide bonds. The van der Waals surface area contributed by atoms with Crippen LogP contribution in [0.4, 0.5) is 5.82 Å². The van der Waals surface area contributed by atoms with Gasteiger partial charge in [0.25, 0.3) is 0 Å². The predicted octanol–water partition coefficient (Wildman–Crippen LogP) is 0.441. The van der Waals surface area contributed by atoms with Crippen LogP contribution in [-0.4, -0.2) is 29.1 Å². The molecule has 0 aromatic carbocycles. The van der Waals surface area contributed by atoms with E-state index < -0.39 is 0 Å². The molecule has 2 rings (SSSR count). The molecule has 69 valence electrons. The number of nitrogens with zero attached hydrogens (tertiary/aromatic N) is 2. The Labute approximate surface area is 77.8 Å². The molecule has 1 radical (unpaired) electrons. The van der Waals surface area contributed by atoms with Crippen LogP contribution < -0.4 is 10.6 Å². The van der Waals surface area contributed by atoms with E-state index in [1.54, 1.807) is 6.20 Å². The Hall–Kier alpha value is -1.16. The number of hydrogen-bond acceptors (Lipinski definition) is 4. The highest BCUT2D eigenvalue weighted by Crippen LogP contribution is 2.07. The normalized spacial score (nSPS) is 22.6. The van der Waals surface area contributed by atoms with Gasteiger partial charge in [-0.25, -0.2) is 9.97 Å². The lowest BCUT2D eigenvalue weighted by molar-refractivity contribution is 0.479. The zero-order chi connectivity index (χ0) is 8.93. The molecular weight excluding hydrogens is 164 g/mol. The van der Waals surface area contributed by atoms with Gasteiger partial charge in [-0.2, -0.15) is 0 Å². The van der Waals surface area contributed by atoms with Gasteiger partial charge >= 0.3 is 0 Å². The highest BCUT2D eigenvalue weighted by molar-refractivity contribution is 5.33. The molecule has 1 aliphatic heterocycles. The van der Waals surface area contributed by atoms with Crippen LogP contribution in [0.2, 0.25) is 0 Å². The second-order valence-electron chi connectivity index (χ2n) is 3.23. The van der Waals surface area contributed by atoms with Crippen molar-refractivity contribution in [3.05, 3.63) is 18.6 Å². The van der Waals surface area contributed by atoms with Crippen LogP contribution in [-0.2, 0) is 0 Å². The zero-order valence-electron chi connectivity index (χ0n) is 7.45. The molecule has 13 heavy (non-hydrogen) atoms. The summed E-state index contributed by atoms with van der Waals surface area (Å²) in [7, 11) is 0. The highest BCUT2D eigenvalue weighted by Gasteiger charge is 2.12. The Morgan fingerprint density at radius 2 is 2.62 bits per heavy atom. The van der Waals surface area contributed by atoms with Gasteiger partial charge in [0, 0.05) is 18.8 Å². The largest absolute Gasteiger partial charge is 0.366 e. The van der Waals surface area contributed by atoms with E-state index >= 15 is 0 Å². The monoisotopic (exact) mass is 177 g/mol. The minimum Gasteiger partial charge on any atom is -0.366 e. The molecule has 2 N–H and O–H groups in total. The maximum Gasteiger partial charge on any atom is 0.199 e. The van der Waals surface area contributed by atoms with Crippen LogP contribution in [0.15, 0.2) is 12.3 Å². The second kappa shape index (κ2) is 4.18. The van der Waals surface area contributed by atoms with Crippen LogP contribution in [0, 0.1) is 6.33 Å². The molecular formula is C9H13N4. The molecule has 1 fully saturated rings. The summed E-state index contributed by atoms with van der Waals surface area (Å²) in [5, 5.41) is 6.67. The summed E-state index contributed by atoms with van der Waals surface area (Å²) in [5.74, 6) is 0.865. The highest BCUT2D eigenvalue weighted by atomic mass is 15.1. The first kappa shape index (κ1) is 8.44. The number of rotatable bonds is 2. The minimum atomic E-state index is 0.497. The molecule has 1 atom stereocenters. The van der Waals surface area contributed by atoms with Gasteiger partial charge in [-0.15, -0.1) is 0 Å². The summed E-state index contributed by atoms with van der Waals surface area (Å²) in [6.07, 6.45) is 6.70. The molecule has 1 saturated heterocycles. The van der Waals surface area contributed by atoms with Crippen LogP contribution in [0.3, 0.4) is 0 Å². The van der Waals surface area contributed by atoms with Gasteiger partial charge in [-0.1, -0.05) is 0 Å². The summed E-state index contributed by atoms with van der Waals surface area (Å²) < 4.78 is 0. The summed E-state index contributed by atoms with van der Waals surface area (Å²) in [6, 6.07) is 2.36. The Balaban J connectivity index is 1.90. The number of anilines is 1. The molecule has 1 unspecified atom stereocenters. The molecule has 0 saturated carbocycles. The van der Waals surface area contributed by atoms with Crippen molar-refractivity contribution in [3.63, 3.8) is 0 Å². The zero-order valence-corrected chi connectivity index (χ0v) is 7.45. The van der Waals surface area contributed by atoms with Crippen molar-refractivity contribution < 1.29 is 0 Å². The van der Waals surface area contributed by atoms with Crippen molar-refractivity contribution >= 4 is 5.82 Å². The topological polar surface area (TPSA) is 49.8 Å². The Kier molecular flexibility index (Phi) is 2.72. The van der Waals surface area contributed by atoms with Crippen LogP contribution >= 0.6 is 0 Å². The van der Waals surface area contributed by atoms with E-state index in [2.05, 4.69) is 26.9 Å². The average Bonchev–Trinajstić information content (AvgIpc) is 2.21. The lowest BCUT2D eigenvalue weighted by Gasteiger charge is -2.23. The SMILES string of the molecule is [c]1nccc(NC2CCCNC2)n1. The third-order valence-corrected chi connectivity index (χ3v) is 2.18. The maximum atomic E-state index is 4.00. The van der Waals surface area contributed by atoms with Crippen molar-refractivity contribution in [2.75, 3.05) is 18.4 Å². The van der Waals surface area contributed by atoms with E-state index in [-0.39, 0.29) is 0 Å². The van der Waals surface area contributed by atoms with Gasteiger partial charge in [0.1, 0.15) is 5.82 Å². The number of aromatic nitrogens is 2. The van der Waals surface area contributed by atoms with Crippen molar-refractivity contribution in [3.8, 4) is 0 Å². The lowest BCUT2D eigenvalue weighted by Crippen LogP contribution is -2.38. The molecule has 0 aliphatic carbocycles. The van der Waals surface area contributed by atoms with E-state index in [1.807, 2.05) is 6.07 Å². The fourth-order valence-electron chi connectivity index (χ4n) is 1.53. The van der Waals surface area contributed by atoms with Crippen LogP contribution in [0.25, 0.3) is 0 Å². The van der Waals surface area contributed by atoms with Crippen molar-refractivity contribution in [1.29, 1.82) is 0 Å². The quantitative estimate of drug-likeness (QED) is 0.688. The molecule has 1 aliphatic rings. The smallest absolute Gasteiger partial charge is 0.199 e. The first-order valence-corrected chi connectivity index (χ1v) is 4.61. The summed E-state index contributed by atoms with van der Waals surface area (Å²) in [5.41, 5.74) is 0.